The SMILES string of the molecule is CC(C)Oc1cc(CO[Si](C)(C)C(C)(C)C)cc(OC(C)C)c1F.Cc1cc(CO[Si](C)(C)C(C)(C)C)cc(O)c1F.[2H]CF. The number of halogens is 3. The van der Waals surface area contributed by atoms with Gasteiger partial charge >= 0.3 is 0 Å². The van der Waals surface area contributed by atoms with E-state index in [4.69, 9.17) is 19.7 Å². The van der Waals surface area contributed by atoms with Crippen molar-refractivity contribution < 1.29 is 38.0 Å². The summed E-state index contributed by atoms with van der Waals surface area (Å²) in [4.78, 5) is 0. The smallest absolute Gasteiger partial charge is 0.206 e. The van der Waals surface area contributed by atoms with Crippen LogP contribution in [-0.4, -0.2) is 41.1 Å². The summed E-state index contributed by atoms with van der Waals surface area (Å²) in [5.74, 6) is -0.864. The van der Waals surface area contributed by atoms with Crippen LogP contribution in [0, 0.1) is 18.6 Å². The predicted octanol–water partition coefficient (Wildman–Crippen LogP) is 10.9. The first kappa shape index (κ1) is 40.0. The number of rotatable bonds is 10. The first-order valence-electron chi connectivity index (χ1n) is 15.8. The predicted molar refractivity (Wildman–Crippen MR) is 182 cm³/mol. The van der Waals surface area contributed by atoms with Gasteiger partial charge in [-0.2, -0.15) is 4.39 Å². The number of aryl methyl sites for hydroxylation is 1. The summed E-state index contributed by atoms with van der Waals surface area (Å²) in [7, 11) is -4.69. The molecule has 0 amide bonds. The zero-order valence-electron chi connectivity index (χ0n) is 30.8. The number of phenols is 1. The molecule has 0 radical (unpaired) electrons. The van der Waals surface area contributed by atoms with Crippen LogP contribution < -0.4 is 9.47 Å². The van der Waals surface area contributed by atoms with E-state index < -0.39 is 35.4 Å². The molecule has 0 aliphatic rings. The zero-order chi connectivity index (χ0) is 35.6. The van der Waals surface area contributed by atoms with Crippen molar-refractivity contribution in [3.63, 3.8) is 0 Å². The molecular weight excluding hydrogens is 602 g/mol. The lowest BCUT2D eigenvalue weighted by molar-refractivity contribution is 0.206. The van der Waals surface area contributed by atoms with Crippen LogP contribution in [0.4, 0.5) is 13.2 Å². The first-order valence-corrected chi connectivity index (χ1v) is 20.9. The number of phenolic OH excluding ortho intramolecular Hbond substituents is 1. The van der Waals surface area contributed by atoms with E-state index in [1.165, 1.54) is 6.07 Å². The van der Waals surface area contributed by atoms with Crippen molar-refractivity contribution in [3.8, 4) is 17.2 Å². The largest absolute Gasteiger partial charge is 0.505 e. The highest BCUT2D eigenvalue weighted by atomic mass is 28.4. The molecule has 2 rings (SSSR count). The second-order valence-corrected chi connectivity index (χ2v) is 24.2. The van der Waals surface area contributed by atoms with E-state index in [2.05, 4.69) is 67.7 Å². The summed E-state index contributed by atoms with van der Waals surface area (Å²) >= 11 is 0. The quantitative estimate of drug-likeness (QED) is 0.257. The van der Waals surface area contributed by atoms with Crippen LogP contribution in [0.3, 0.4) is 0 Å². The van der Waals surface area contributed by atoms with Gasteiger partial charge in [-0.1, -0.05) is 47.6 Å². The van der Waals surface area contributed by atoms with Crippen molar-refractivity contribution in [1.82, 2.24) is 0 Å². The van der Waals surface area contributed by atoms with Crippen molar-refractivity contribution in [3.05, 3.63) is 52.6 Å². The van der Waals surface area contributed by atoms with Gasteiger partial charge in [-0.25, -0.2) is 4.39 Å². The molecule has 1 N–H and O–H groups in total. The number of hydrogen-bond donors (Lipinski definition) is 1. The Morgan fingerprint density at radius 2 is 1.07 bits per heavy atom. The van der Waals surface area contributed by atoms with E-state index in [0.717, 1.165) is 11.1 Å². The van der Waals surface area contributed by atoms with Gasteiger partial charge in [0.25, 0.3) is 0 Å². The van der Waals surface area contributed by atoms with Crippen LogP contribution in [-0.2, 0) is 22.1 Å². The Kier molecular flexibility index (Phi) is 15.5. The minimum atomic E-state index is -1.88. The van der Waals surface area contributed by atoms with Crippen LogP contribution in [0.15, 0.2) is 24.3 Å². The molecule has 0 unspecified atom stereocenters. The second-order valence-electron chi connectivity index (χ2n) is 14.6. The fourth-order valence-electron chi connectivity index (χ4n) is 3.26. The minimum absolute atomic E-state index is 0.108. The third-order valence-electron chi connectivity index (χ3n) is 7.90. The number of ether oxygens (including phenoxy) is 2. The maximum absolute atomic E-state index is 14.6. The number of aromatic hydroxyl groups is 1. The van der Waals surface area contributed by atoms with Gasteiger partial charge in [0.1, 0.15) is 0 Å². The fourth-order valence-corrected chi connectivity index (χ4v) is 5.18. The van der Waals surface area contributed by atoms with E-state index in [1.54, 1.807) is 25.1 Å². The molecule has 0 aromatic heterocycles. The standard InChI is InChI=1S/C19H33FO3Si.C14H23FO2Si.CH3F/c1-13(2)22-16-10-15(11-17(18(16)20)23-14(3)4)12-21-24(8,9)19(5,6)7;1-10-7-11(8-12(16)13(10)15)9-17-18(5,6)14(2,3)4;1-2/h10-11,13-14H,12H2,1-9H3;7-8,16H,9H2,1-6H3;1H3/i;;1D. The van der Waals surface area contributed by atoms with Crippen molar-refractivity contribution in [1.29, 1.82) is 0 Å². The average Bonchev–Trinajstić information content (AvgIpc) is 2.86. The minimum Gasteiger partial charge on any atom is -0.505 e. The summed E-state index contributed by atoms with van der Waals surface area (Å²) in [6.07, 6.45) is -0.217. The molecule has 254 valence electrons. The zero-order valence-corrected chi connectivity index (χ0v) is 31.8. The molecule has 0 saturated heterocycles. The van der Waals surface area contributed by atoms with Crippen LogP contribution in [0.2, 0.25) is 36.3 Å². The van der Waals surface area contributed by atoms with Crippen molar-refractivity contribution >= 4 is 16.6 Å². The van der Waals surface area contributed by atoms with E-state index in [9.17, 15) is 18.3 Å². The van der Waals surface area contributed by atoms with Gasteiger partial charge in [-0.05, 0) is 106 Å². The number of alkyl halides is 1. The highest BCUT2D eigenvalue weighted by Gasteiger charge is 2.38. The Labute approximate surface area is 269 Å². The van der Waals surface area contributed by atoms with Gasteiger partial charge in [0.15, 0.2) is 39.7 Å². The second kappa shape index (κ2) is 17.1. The Morgan fingerprint density at radius 1 is 0.727 bits per heavy atom. The molecule has 5 nitrogen and oxygen atoms in total. The number of hydrogen-bond acceptors (Lipinski definition) is 5. The average molecular weight is 662 g/mol. The Bertz CT molecular complexity index is 1140. The van der Waals surface area contributed by atoms with E-state index in [-0.39, 0.29) is 39.5 Å². The van der Waals surface area contributed by atoms with E-state index >= 15 is 0 Å². The lowest BCUT2D eigenvalue weighted by Gasteiger charge is -2.36. The third kappa shape index (κ3) is 13.1. The number of benzene rings is 2. The Hall–Kier alpha value is -2.02. The van der Waals surface area contributed by atoms with Gasteiger partial charge in [0.05, 0.1) is 33.9 Å². The maximum atomic E-state index is 14.6. The lowest BCUT2D eigenvalue weighted by Crippen LogP contribution is -2.40. The summed E-state index contributed by atoms with van der Waals surface area (Å²) in [6, 6.07) is 6.60. The molecule has 44 heavy (non-hydrogen) atoms. The normalized spacial score (nSPS) is 12.7. The fraction of sp³-hybridized carbons (Fsp3) is 0.647. The Balaban J connectivity index is 0.000000817. The molecule has 10 heteroatoms. The summed E-state index contributed by atoms with van der Waals surface area (Å²) in [5, 5.41) is 9.72. The van der Waals surface area contributed by atoms with Gasteiger partial charge in [0.2, 0.25) is 5.82 Å². The summed E-state index contributed by atoms with van der Waals surface area (Å²) in [5.41, 5.74) is 2.13. The van der Waals surface area contributed by atoms with Crippen LogP contribution in [0.1, 0.15) is 87.3 Å². The van der Waals surface area contributed by atoms with E-state index in [1.807, 2.05) is 27.7 Å². The Morgan fingerprint density at radius 3 is 1.36 bits per heavy atom. The van der Waals surface area contributed by atoms with Crippen LogP contribution >= 0.6 is 0 Å². The van der Waals surface area contributed by atoms with Gasteiger partial charge < -0.3 is 23.4 Å². The molecule has 0 heterocycles. The molecule has 0 aliphatic heterocycles. The maximum Gasteiger partial charge on any atom is 0.206 e. The summed E-state index contributed by atoms with van der Waals surface area (Å²) < 4.78 is 66.8. The first-order chi connectivity index (χ1) is 20.3. The molecule has 0 spiro atoms. The van der Waals surface area contributed by atoms with Gasteiger partial charge in [-0.15, -0.1) is 0 Å². The molecule has 0 bridgehead atoms. The van der Waals surface area contributed by atoms with Crippen molar-refractivity contribution in [2.45, 2.75) is 138 Å². The molecule has 0 aliphatic carbocycles. The van der Waals surface area contributed by atoms with Crippen molar-refractivity contribution in [2.24, 2.45) is 0 Å². The molecule has 2 aromatic carbocycles. The lowest BCUT2D eigenvalue weighted by atomic mass is 10.1. The highest BCUT2D eigenvalue weighted by Crippen LogP contribution is 2.39. The highest BCUT2D eigenvalue weighted by molar-refractivity contribution is 6.74. The van der Waals surface area contributed by atoms with Crippen LogP contribution in [0.5, 0.6) is 17.2 Å². The molecule has 0 saturated carbocycles. The molecule has 2 aromatic rings. The molecular formula is C34H59F3O5Si2. The van der Waals surface area contributed by atoms with E-state index in [0.29, 0.717) is 18.8 Å². The molecule has 0 fully saturated rings. The molecule has 0 atom stereocenters. The van der Waals surface area contributed by atoms with Gasteiger partial charge in [0, 0.05) is 0 Å². The van der Waals surface area contributed by atoms with Gasteiger partial charge in [-0.3, -0.25) is 4.39 Å². The van der Waals surface area contributed by atoms with Crippen molar-refractivity contribution in [2.75, 3.05) is 7.15 Å². The van der Waals surface area contributed by atoms with Crippen LogP contribution in [0.25, 0.3) is 0 Å². The monoisotopic (exact) mass is 661 g/mol. The third-order valence-corrected chi connectivity index (χ3v) is 16.9. The summed E-state index contributed by atoms with van der Waals surface area (Å²) in [6.45, 7) is 31.9. The topological polar surface area (TPSA) is 57.2 Å².